The van der Waals surface area contributed by atoms with Gasteiger partial charge in [0.1, 0.15) is 0 Å². The summed E-state index contributed by atoms with van der Waals surface area (Å²) in [4.78, 5) is 10.3. The molecule has 0 aliphatic carbocycles. The maximum atomic E-state index is 10.3. The van der Waals surface area contributed by atoms with Crippen molar-refractivity contribution >= 4 is 5.97 Å². The Kier molecular flexibility index (Phi) is 42.8. The van der Waals surface area contributed by atoms with Gasteiger partial charge in [0, 0.05) is 6.42 Å². The van der Waals surface area contributed by atoms with Gasteiger partial charge in [0.05, 0.1) is 0 Å². The number of carbonyl (C=O) groups is 1. The van der Waals surface area contributed by atoms with Gasteiger partial charge in [-0.1, -0.05) is 149 Å². The minimum absolute atomic E-state index is 0.345. The molecule has 0 rings (SSSR count). The van der Waals surface area contributed by atoms with Crippen LogP contribution in [0.5, 0.6) is 0 Å². The van der Waals surface area contributed by atoms with Gasteiger partial charge in [-0.05, 0) is 19.4 Å². The molecule has 3 heteroatoms. The first-order valence-electron chi connectivity index (χ1n) is 14.6. The van der Waals surface area contributed by atoms with Gasteiger partial charge in [-0.25, -0.2) is 0 Å². The van der Waals surface area contributed by atoms with Gasteiger partial charge in [0.15, 0.2) is 0 Å². The monoisotopic (exact) mass is 469 g/mol. The largest absolute Gasteiger partial charge is 0.481 e. The summed E-state index contributed by atoms with van der Waals surface area (Å²) in [6, 6.07) is 0. The summed E-state index contributed by atoms with van der Waals surface area (Å²) in [5.41, 5.74) is 5.39. The molecule has 33 heavy (non-hydrogen) atoms. The SMILES string of the molecule is C=C.CCCCCCCCCCCCCCCCCC(=O)O.CCCCCCCCCCN. The third-order valence-electron chi connectivity index (χ3n) is 6.05. The first-order valence-corrected chi connectivity index (χ1v) is 14.6. The lowest BCUT2D eigenvalue weighted by Crippen LogP contribution is -1.97. The van der Waals surface area contributed by atoms with Crippen LogP contribution in [0, 0.1) is 0 Å². The van der Waals surface area contributed by atoms with E-state index in [1.807, 2.05) is 0 Å². The van der Waals surface area contributed by atoms with E-state index >= 15 is 0 Å². The van der Waals surface area contributed by atoms with Crippen LogP contribution in [0.1, 0.15) is 168 Å². The molecule has 0 saturated heterocycles. The molecule has 0 aromatic carbocycles. The minimum atomic E-state index is -0.653. The van der Waals surface area contributed by atoms with Gasteiger partial charge in [-0.15, -0.1) is 13.2 Å². The lowest BCUT2D eigenvalue weighted by molar-refractivity contribution is -0.137. The summed E-state index contributed by atoms with van der Waals surface area (Å²) in [7, 11) is 0. The molecule has 3 N–H and O–H groups in total. The molecule has 200 valence electrons. The molecule has 0 bridgehead atoms. The van der Waals surface area contributed by atoms with E-state index in [1.54, 1.807) is 0 Å². The summed E-state index contributed by atoms with van der Waals surface area (Å²) in [6.45, 7) is 11.4. The fourth-order valence-electron chi connectivity index (χ4n) is 3.93. The van der Waals surface area contributed by atoms with Crippen LogP contribution in [0.2, 0.25) is 0 Å². The molecular formula is C30H63NO2. The molecule has 0 spiro atoms. The van der Waals surface area contributed by atoms with Crippen LogP contribution in [0.15, 0.2) is 13.2 Å². The summed E-state index contributed by atoms with van der Waals surface area (Å²) in [6.07, 6.45) is 31.2. The summed E-state index contributed by atoms with van der Waals surface area (Å²) in [5.74, 6) is -0.653. The Morgan fingerprint density at radius 2 is 0.758 bits per heavy atom. The van der Waals surface area contributed by atoms with E-state index in [0.29, 0.717) is 6.42 Å². The van der Waals surface area contributed by atoms with Gasteiger partial charge in [-0.3, -0.25) is 4.79 Å². The third kappa shape index (κ3) is 45.4. The molecule has 3 nitrogen and oxygen atoms in total. The van der Waals surface area contributed by atoms with Crippen LogP contribution in [0.4, 0.5) is 0 Å². The van der Waals surface area contributed by atoms with E-state index in [1.165, 1.54) is 135 Å². The molecule has 0 aliphatic heterocycles. The third-order valence-corrected chi connectivity index (χ3v) is 6.05. The fraction of sp³-hybridized carbons (Fsp3) is 0.900. The maximum absolute atomic E-state index is 10.3. The Morgan fingerprint density at radius 3 is 1.00 bits per heavy atom. The van der Waals surface area contributed by atoms with Crippen molar-refractivity contribution in [3.63, 3.8) is 0 Å². The van der Waals surface area contributed by atoms with E-state index in [9.17, 15) is 4.79 Å². The van der Waals surface area contributed by atoms with Crippen LogP contribution >= 0.6 is 0 Å². The zero-order valence-electron chi connectivity index (χ0n) is 23.0. The number of aliphatic carboxylic acids is 1. The second-order valence-electron chi connectivity index (χ2n) is 9.36. The van der Waals surface area contributed by atoms with E-state index in [2.05, 4.69) is 27.0 Å². The number of hydrogen-bond acceptors (Lipinski definition) is 2. The highest BCUT2D eigenvalue weighted by Gasteiger charge is 1.97. The second kappa shape index (κ2) is 38.4. The average molecular weight is 470 g/mol. The van der Waals surface area contributed by atoms with Crippen molar-refractivity contribution in [1.82, 2.24) is 0 Å². The van der Waals surface area contributed by atoms with E-state index in [0.717, 1.165) is 19.4 Å². The van der Waals surface area contributed by atoms with Gasteiger partial charge in [-0.2, -0.15) is 0 Å². The number of rotatable bonds is 24. The number of nitrogens with two attached hydrogens (primary N) is 1. The number of unbranched alkanes of at least 4 members (excludes halogenated alkanes) is 21. The molecule has 0 saturated carbocycles. The summed E-state index contributed by atoms with van der Waals surface area (Å²) in [5, 5.41) is 8.52. The standard InChI is InChI=1S/C18H36O2.C10H23N.C2H4/c1-2-3-4-5-6-7-8-9-10-11-12-13-14-15-16-17-18(19)20;1-2-3-4-5-6-7-8-9-10-11;1-2/h2-17H2,1H3,(H,19,20);2-11H2,1H3;1-2H2. The molecule has 0 unspecified atom stereocenters. The summed E-state index contributed by atoms with van der Waals surface area (Å²) < 4.78 is 0. The Labute approximate surface area is 209 Å². The first-order chi connectivity index (χ1) is 16.2. The van der Waals surface area contributed by atoms with Gasteiger partial charge in [0.25, 0.3) is 0 Å². The molecule has 0 fully saturated rings. The molecule has 0 aliphatic rings. The highest BCUT2D eigenvalue weighted by atomic mass is 16.4. The Bertz CT molecular complexity index is 325. The molecule has 0 radical (unpaired) electrons. The quantitative estimate of drug-likeness (QED) is 0.109. The van der Waals surface area contributed by atoms with Gasteiger partial charge >= 0.3 is 5.97 Å². The zero-order chi connectivity index (χ0) is 25.3. The van der Waals surface area contributed by atoms with Crippen molar-refractivity contribution in [3.05, 3.63) is 13.2 Å². The van der Waals surface area contributed by atoms with Crippen LogP contribution in [-0.2, 0) is 4.79 Å². The number of hydrogen-bond donors (Lipinski definition) is 2. The molecule has 0 aromatic heterocycles. The van der Waals surface area contributed by atoms with Crippen LogP contribution in [0.25, 0.3) is 0 Å². The van der Waals surface area contributed by atoms with Crippen molar-refractivity contribution in [2.45, 2.75) is 168 Å². The van der Waals surface area contributed by atoms with Crippen LogP contribution < -0.4 is 5.73 Å². The lowest BCUT2D eigenvalue weighted by atomic mass is 10.0. The minimum Gasteiger partial charge on any atom is -0.481 e. The number of carboxylic acids is 1. The van der Waals surface area contributed by atoms with E-state index in [-0.39, 0.29) is 0 Å². The van der Waals surface area contributed by atoms with E-state index < -0.39 is 5.97 Å². The zero-order valence-corrected chi connectivity index (χ0v) is 23.0. The fourth-order valence-corrected chi connectivity index (χ4v) is 3.93. The van der Waals surface area contributed by atoms with Gasteiger partial charge in [0.2, 0.25) is 0 Å². The van der Waals surface area contributed by atoms with Crippen molar-refractivity contribution in [2.24, 2.45) is 5.73 Å². The van der Waals surface area contributed by atoms with Gasteiger partial charge < -0.3 is 10.8 Å². The normalized spacial score (nSPS) is 10.2. The Hall–Kier alpha value is -0.830. The predicted octanol–water partition coefficient (Wildman–Crippen LogP) is 10.2. The van der Waals surface area contributed by atoms with E-state index in [4.69, 9.17) is 10.8 Å². The maximum Gasteiger partial charge on any atom is 0.303 e. The van der Waals surface area contributed by atoms with Crippen molar-refractivity contribution in [2.75, 3.05) is 6.54 Å². The Morgan fingerprint density at radius 1 is 0.515 bits per heavy atom. The van der Waals surface area contributed by atoms with Crippen LogP contribution in [-0.4, -0.2) is 17.6 Å². The predicted molar refractivity (Wildman–Crippen MR) is 150 cm³/mol. The highest BCUT2D eigenvalue weighted by Crippen LogP contribution is 2.13. The average Bonchev–Trinajstić information content (AvgIpc) is 2.82. The van der Waals surface area contributed by atoms with Crippen molar-refractivity contribution < 1.29 is 9.90 Å². The first kappa shape index (κ1) is 36.7. The highest BCUT2D eigenvalue weighted by molar-refractivity contribution is 5.66. The lowest BCUT2D eigenvalue weighted by Gasteiger charge is -2.03. The molecule has 0 amide bonds. The van der Waals surface area contributed by atoms with Crippen molar-refractivity contribution in [3.8, 4) is 0 Å². The topological polar surface area (TPSA) is 63.3 Å². The molecule has 0 aromatic rings. The molecular weight excluding hydrogens is 406 g/mol. The Balaban J connectivity index is -0.000000585. The smallest absolute Gasteiger partial charge is 0.303 e. The molecule has 0 atom stereocenters. The summed E-state index contributed by atoms with van der Waals surface area (Å²) >= 11 is 0. The van der Waals surface area contributed by atoms with Crippen LogP contribution in [0.3, 0.4) is 0 Å². The van der Waals surface area contributed by atoms with Crippen molar-refractivity contribution in [1.29, 1.82) is 0 Å². The molecule has 0 heterocycles. The second-order valence-corrected chi connectivity index (χ2v) is 9.36. The number of carboxylic acid groups (broad SMARTS) is 1.